The topological polar surface area (TPSA) is 20.2 Å². The third-order valence-corrected chi connectivity index (χ3v) is 2.35. The van der Waals surface area contributed by atoms with Gasteiger partial charge in [0.2, 0.25) is 0 Å². The second-order valence-electron chi connectivity index (χ2n) is 4.32. The molecule has 0 aliphatic rings. The highest BCUT2D eigenvalue weighted by Gasteiger charge is 1.81. The Morgan fingerprint density at radius 3 is 0.889 bits per heavy atom. The van der Waals surface area contributed by atoms with Gasteiger partial charge in [-0.3, -0.25) is 0 Å². The predicted molar refractivity (Wildman–Crippen MR) is 80.0 cm³/mol. The minimum absolute atomic E-state index is 1.00. The highest BCUT2D eigenvalue weighted by Crippen LogP contribution is 2.00. The number of hydrogen-bond acceptors (Lipinski definition) is 1. The second-order valence-corrected chi connectivity index (χ2v) is 4.32. The maximum absolute atomic E-state index is 7.00. The molecular weight excluding hydrogens is 220 g/mol. The molecule has 0 spiro atoms. The fourth-order valence-electron chi connectivity index (χ4n) is 1.61. The van der Waals surface area contributed by atoms with Crippen molar-refractivity contribution < 1.29 is 5.11 Å². The van der Waals surface area contributed by atoms with Crippen LogP contribution in [0.3, 0.4) is 0 Å². The van der Waals surface area contributed by atoms with Crippen molar-refractivity contribution in [2.24, 2.45) is 0 Å². The standard InChI is InChI=1S/2C8H10.CH4O/c2*1-7-4-3-5-8(2)6-7;1-2/h2*3-6H,1-2H3;2H,1H3. The van der Waals surface area contributed by atoms with E-state index in [1.54, 1.807) is 0 Å². The van der Waals surface area contributed by atoms with Crippen molar-refractivity contribution in [3.63, 3.8) is 0 Å². The lowest BCUT2D eigenvalue weighted by Gasteiger charge is -1.90. The Labute approximate surface area is 111 Å². The van der Waals surface area contributed by atoms with E-state index in [4.69, 9.17) is 5.11 Å². The molecule has 2 aromatic carbocycles. The molecule has 0 aliphatic heterocycles. The number of aliphatic hydroxyl groups excluding tert-OH is 1. The van der Waals surface area contributed by atoms with E-state index in [-0.39, 0.29) is 0 Å². The van der Waals surface area contributed by atoms with Crippen LogP contribution in [0.25, 0.3) is 0 Å². The smallest absolute Gasteiger partial charge is 0.0319 e. The van der Waals surface area contributed by atoms with E-state index in [0.717, 1.165) is 7.11 Å². The van der Waals surface area contributed by atoms with Crippen LogP contribution in [0.5, 0.6) is 0 Å². The van der Waals surface area contributed by atoms with Gasteiger partial charge in [-0.05, 0) is 27.7 Å². The summed E-state index contributed by atoms with van der Waals surface area (Å²) >= 11 is 0. The number of aliphatic hydroxyl groups is 1. The van der Waals surface area contributed by atoms with Crippen LogP contribution in [-0.4, -0.2) is 12.2 Å². The molecule has 0 unspecified atom stereocenters. The van der Waals surface area contributed by atoms with Crippen LogP contribution in [0, 0.1) is 27.7 Å². The largest absolute Gasteiger partial charge is 0.400 e. The van der Waals surface area contributed by atoms with E-state index >= 15 is 0 Å². The van der Waals surface area contributed by atoms with Gasteiger partial charge in [0, 0.05) is 7.11 Å². The molecule has 0 saturated carbocycles. The molecule has 1 nitrogen and oxygen atoms in total. The minimum Gasteiger partial charge on any atom is -0.400 e. The normalized spacial score (nSPS) is 8.56. The zero-order chi connectivity index (χ0) is 14.0. The Bertz CT molecular complexity index is 369. The lowest BCUT2D eigenvalue weighted by Crippen LogP contribution is -1.71. The summed E-state index contributed by atoms with van der Waals surface area (Å²) in [7, 11) is 1.00. The average Bonchev–Trinajstić information content (AvgIpc) is 2.31. The number of rotatable bonds is 0. The van der Waals surface area contributed by atoms with Crippen molar-refractivity contribution in [3.05, 3.63) is 70.8 Å². The summed E-state index contributed by atoms with van der Waals surface area (Å²) in [4.78, 5) is 0. The van der Waals surface area contributed by atoms with Crippen LogP contribution in [0.4, 0.5) is 0 Å². The van der Waals surface area contributed by atoms with Gasteiger partial charge in [0.1, 0.15) is 0 Å². The molecule has 2 aromatic rings. The molecule has 0 saturated heterocycles. The van der Waals surface area contributed by atoms with Crippen molar-refractivity contribution in [1.82, 2.24) is 0 Å². The first kappa shape index (κ1) is 16.4. The van der Waals surface area contributed by atoms with E-state index in [2.05, 4.69) is 76.2 Å². The number of benzene rings is 2. The third-order valence-electron chi connectivity index (χ3n) is 2.35. The van der Waals surface area contributed by atoms with Crippen molar-refractivity contribution in [2.75, 3.05) is 7.11 Å². The summed E-state index contributed by atoms with van der Waals surface area (Å²) in [6.07, 6.45) is 0. The Kier molecular flexibility index (Phi) is 8.59. The first-order valence-electron chi connectivity index (χ1n) is 6.09. The molecule has 2 rings (SSSR count). The van der Waals surface area contributed by atoms with Crippen LogP contribution in [0.15, 0.2) is 48.5 Å². The summed E-state index contributed by atoms with van der Waals surface area (Å²) < 4.78 is 0. The number of hydrogen-bond donors (Lipinski definition) is 1. The van der Waals surface area contributed by atoms with Gasteiger partial charge in [-0.1, -0.05) is 70.8 Å². The highest BCUT2D eigenvalue weighted by molar-refractivity contribution is 5.20. The molecule has 0 atom stereocenters. The maximum atomic E-state index is 7.00. The van der Waals surface area contributed by atoms with Crippen molar-refractivity contribution >= 4 is 0 Å². The van der Waals surface area contributed by atoms with Crippen LogP contribution in [-0.2, 0) is 0 Å². The van der Waals surface area contributed by atoms with E-state index in [1.165, 1.54) is 22.3 Å². The summed E-state index contributed by atoms with van der Waals surface area (Å²) in [5.41, 5.74) is 5.35. The van der Waals surface area contributed by atoms with Crippen LogP contribution in [0.1, 0.15) is 22.3 Å². The molecule has 0 heterocycles. The zero-order valence-corrected chi connectivity index (χ0v) is 12.1. The Morgan fingerprint density at radius 1 is 0.556 bits per heavy atom. The average molecular weight is 244 g/mol. The molecule has 0 aromatic heterocycles. The van der Waals surface area contributed by atoms with E-state index in [9.17, 15) is 0 Å². The first-order chi connectivity index (χ1) is 8.58. The van der Waals surface area contributed by atoms with Crippen molar-refractivity contribution in [2.45, 2.75) is 27.7 Å². The molecule has 0 radical (unpaired) electrons. The quantitative estimate of drug-likeness (QED) is 0.736. The van der Waals surface area contributed by atoms with Gasteiger partial charge in [0.25, 0.3) is 0 Å². The van der Waals surface area contributed by atoms with Gasteiger partial charge >= 0.3 is 0 Å². The number of aryl methyl sites for hydroxylation is 4. The molecule has 0 aliphatic carbocycles. The Morgan fingerprint density at radius 2 is 0.778 bits per heavy atom. The molecule has 1 heteroatoms. The van der Waals surface area contributed by atoms with E-state index in [1.807, 2.05) is 0 Å². The second kappa shape index (κ2) is 9.43. The monoisotopic (exact) mass is 244 g/mol. The van der Waals surface area contributed by atoms with Gasteiger partial charge in [-0.2, -0.15) is 0 Å². The zero-order valence-electron chi connectivity index (χ0n) is 12.1. The minimum atomic E-state index is 1.00. The van der Waals surface area contributed by atoms with Crippen LogP contribution < -0.4 is 0 Å². The van der Waals surface area contributed by atoms with Crippen LogP contribution >= 0.6 is 0 Å². The fourth-order valence-corrected chi connectivity index (χ4v) is 1.61. The summed E-state index contributed by atoms with van der Waals surface area (Å²) in [5.74, 6) is 0. The van der Waals surface area contributed by atoms with Gasteiger partial charge in [-0.25, -0.2) is 0 Å². The summed E-state index contributed by atoms with van der Waals surface area (Å²) in [6, 6.07) is 16.9. The molecule has 0 amide bonds. The van der Waals surface area contributed by atoms with E-state index < -0.39 is 0 Å². The molecule has 1 N–H and O–H groups in total. The van der Waals surface area contributed by atoms with Gasteiger partial charge < -0.3 is 5.11 Å². The third kappa shape index (κ3) is 7.64. The molecule has 18 heavy (non-hydrogen) atoms. The summed E-state index contributed by atoms with van der Waals surface area (Å²) in [6.45, 7) is 8.42. The Balaban J connectivity index is 0.000000283. The van der Waals surface area contributed by atoms with Gasteiger partial charge in [-0.15, -0.1) is 0 Å². The summed E-state index contributed by atoms with van der Waals surface area (Å²) in [5, 5.41) is 7.00. The lowest BCUT2D eigenvalue weighted by atomic mass is 10.2. The molecular formula is C17H24O. The molecule has 0 fully saturated rings. The molecule has 0 bridgehead atoms. The van der Waals surface area contributed by atoms with Crippen molar-refractivity contribution in [3.8, 4) is 0 Å². The maximum Gasteiger partial charge on any atom is 0.0319 e. The lowest BCUT2D eigenvalue weighted by molar-refractivity contribution is 0.399. The van der Waals surface area contributed by atoms with Gasteiger partial charge in [0.15, 0.2) is 0 Å². The molecule has 98 valence electrons. The highest BCUT2D eigenvalue weighted by atomic mass is 16.2. The van der Waals surface area contributed by atoms with Crippen LogP contribution in [0.2, 0.25) is 0 Å². The fraction of sp³-hybridized carbons (Fsp3) is 0.294. The Hall–Kier alpha value is -1.60. The van der Waals surface area contributed by atoms with Gasteiger partial charge in [0.05, 0.1) is 0 Å². The van der Waals surface area contributed by atoms with E-state index in [0.29, 0.717) is 0 Å². The first-order valence-corrected chi connectivity index (χ1v) is 6.09. The predicted octanol–water partition coefficient (Wildman–Crippen LogP) is 4.22. The van der Waals surface area contributed by atoms with Crippen molar-refractivity contribution in [1.29, 1.82) is 0 Å². The SMILES string of the molecule is CO.Cc1cccc(C)c1.Cc1cccc(C)c1.